The summed E-state index contributed by atoms with van der Waals surface area (Å²) >= 11 is 0. The number of rotatable bonds is 3. The van der Waals surface area contributed by atoms with Gasteiger partial charge in [-0.2, -0.15) is 0 Å². The molecule has 0 bridgehead atoms. The molecule has 2 aliphatic carbocycles. The SMILES string of the molecule is C[Si](C)(C)C1=C(C2C=CC=C2)C([Si](C)(C)C)C=C1. The molecular formula is C16H26Si2. The average Bonchev–Trinajstić information content (AvgIpc) is 2.83. The molecule has 0 aromatic rings. The Balaban J connectivity index is 2.49. The van der Waals surface area contributed by atoms with Crippen LogP contribution in [0.1, 0.15) is 0 Å². The molecule has 2 rings (SSSR count). The first-order valence-corrected chi connectivity index (χ1v) is 14.1. The average molecular weight is 275 g/mol. The summed E-state index contributed by atoms with van der Waals surface area (Å²) in [5.41, 5.74) is 2.47. The smallest absolute Gasteiger partial charge is 0.0775 e. The molecule has 2 aliphatic rings. The van der Waals surface area contributed by atoms with E-state index in [1.165, 1.54) is 0 Å². The first-order valence-electron chi connectivity index (χ1n) is 6.99. The first-order chi connectivity index (χ1) is 8.21. The molecule has 1 unspecified atom stereocenters. The zero-order chi connectivity index (χ0) is 13.6. The monoisotopic (exact) mass is 274 g/mol. The van der Waals surface area contributed by atoms with Crippen LogP contribution in [0, 0.1) is 5.92 Å². The summed E-state index contributed by atoms with van der Waals surface area (Å²) in [5, 5.41) is 1.70. The van der Waals surface area contributed by atoms with Gasteiger partial charge in [0, 0.05) is 5.92 Å². The summed E-state index contributed by atoms with van der Waals surface area (Å²) in [5.74, 6) is 0.568. The normalized spacial score (nSPS) is 24.7. The quantitative estimate of drug-likeness (QED) is 0.622. The lowest BCUT2D eigenvalue weighted by atomic mass is 9.99. The van der Waals surface area contributed by atoms with Gasteiger partial charge in [-0.1, -0.05) is 86.5 Å². The summed E-state index contributed by atoms with van der Waals surface area (Å²) in [4.78, 5) is 0. The second-order valence-corrected chi connectivity index (χ2v) is 18.0. The van der Waals surface area contributed by atoms with Crippen molar-refractivity contribution in [3.05, 3.63) is 47.2 Å². The highest BCUT2D eigenvalue weighted by Crippen LogP contribution is 2.46. The minimum Gasteiger partial charge on any atom is -0.0802 e. The zero-order valence-corrected chi connectivity index (χ0v) is 14.6. The van der Waals surface area contributed by atoms with Crippen LogP contribution < -0.4 is 0 Å². The summed E-state index contributed by atoms with van der Waals surface area (Å²) in [6.07, 6.45) is 14.1. The Hall–Kier alpha value is -0.606. The molecule has 98 valence electrons. The Bertz CT molecular complexity index is 438. The molecule has 0 aliphatic heterocycles. The maximum atomic E-state index is 2.51. The standard InChI is InChI=1S/C16H26Si2/c1-17(2,3)14-11-12-15(18(4,5)6)16(14)13-9-7-8-10-13/h7-14H,1-6H3. The third kappa shape index (κ3) is 2.55. The predicted molar refractivity (Wildman–Crippen MR) is 88.4 cm³/mol. The van der Waals surface area contributed by atoms with E-state index in [0.717, 1.165) is 5.54 Å². The summed E-state index contributed by atoms with van der Waals surface area (Å²) < 4.78 is 0. The molecule has 0 radical (unpaired) electrons. The van der Waals surface area contributed by atoms with Crippen molar-refractivity contribution in [1.29, 1.82) is 0 Å². The molecule has 2 heteroatoms. The van der Waals surface area contributed by atoms with Gasteiger partial charge in [0.1, 0.15) is 0 Å². The van der Waals surface area contributed by atoms with Crippen molar-refractivity contribution < 1.29 is 0 Å². The minimum absolute atomic E-state index is 0.568. The van der Waals surface area contributed by atoms with E-state index in [4.69, 9.17) is 0 Å². The molecule has 0 saturated heterocycles. The third-order valence-electron chi connectivity index (χ3n) is 3.95. The highest BCUT2D eigenvalue weighted by Gasteiger charge is 2.38. The van der Waals surface area contributed by atoms with Gasteiger partial charge in [-0.25, -0.2) is 0 Å². The van der Waals surface area contributed by atoms with Crippen LogP contribution in [0.15, 0.2) is 47.2 Å². The van der Waals surface area contributed by atoms with Gasteiger partial charge < -0.3 is 0 Å². The topological polar surface area (TPSA) is 0 Å². The van der Waals surface area contributed by atoms with Crippen LogP contribution in [-0.2, 0) is 0 Å². The molecule has 0 aromatic carbocycles. The summed E-state index contributed by atoms with van der Waals surface area (Å²) in [6, 6.07) is 0. The van der Waals surface area contributed by atoms with Crippen LogP contribution in [0.5, 0.6) is 0 Å². The minimum atomic E-state index is -1.23. The molecule has 0 spiro atoms. The number of hydrogen-bond donors (Lipinski definition) is 0. The van der Waals surface area contributed by atoms with Crippen molar-refractivity contribution in [2.45, 2.75) is 44.8 Å². The Morgan fingerprint density at radius 1 is 0.833 bits per heavy atom. The van der Waals surface area contributed by atoms with Gasteiger partial charge in [0.25, 0.3) is 0 Å². The fourth-order valence-corrected chi connectivity index (χ4v) is 6.91. The van der Waals surface area contributed by atoms with Crippen molar-refractivity contribution in [2.75, 3.05) is 0 Å². The predicted octanol–water partition coefficient (Wildman–Crippen LogP) is 5.18. The highest BCUT2D eigenvalue weighted by atomic mass is 28.3. The molecule has 1 atom stereocenters. The fourth-order valence-electron chi connectivity index (χ4n) is 3.02. The Labute approximate surface area is 114 Å². The number of allylic oxidation sites excluding steroid dienone is 8. The van der Waals surface area contributed by atoms with Crippen LogP contribution >= 0.6 is 0 Å². The van der Waals surface area contributed by atoms with E-state index < -0.39 is 16.1 Å². The van der Waals surface area contributed by atoms with Crippen LogP contribution in [0.3, 0.4) is 0 Å². The fraction of sp³-hybridized carbons (Fsp3) is 0.500. The third-order valence-corrected chi connectivity index (χ3v) is 8.39. The van der Waals surface area contributed by atoms with Gasteiger partial charge >= 0.3 is 0 Å². The highest BCUT2D eigenvalue weighted by molar-refractivity contribution is 6.85. The molecular weight excluding hydrogens is 248 g/mol. The Kier molecular flexibility index (Phi) is 3.45. The van der Waals surface area contributed by atoms with Crippen molar-refractivity contribution in [3.8, 4) is 0 Å². The van der Waals surface area contributed by atoms with E-state index in [0.29, 0.717) is 5.92 Å². The molecule has 0 heterocycles. The number of hydrogen-bond acceptors (Lipinski definition) is 0. The molecule has 0 amide bonds. The molecule has 0 saturated carbocycles. The molecule has 0 aromatic heterocycles. The second-order valence-electron chi connectivity index (χ2n) is 7.62. The largest absolute Gasteiger partial charge is 0.0802 e. The lowest BCUT2D eigenvalue weighted by Gasteiger charge is -2.31. The van der Waals surface area contributed by atoms with E-state index in [-0.39, 0.29) is 0 Å². The molecule has 0 N–H and O–H groups in total. The van der Waals surface area contributed by atoms with Crippen LogP contribution in [0.4, 0.5) is 0 Å². The van der Waals surface area contributed by atoms with Gasteiger partial charge in [-0.3, -0.25) is 0 Å². The van der Waals surface area contributed by atoms with Crippen molar-refractivity contribution >= 4 is 16.1 Å². The maximum absolute atomic E-state index is 2.51. The lowest BCUT2D eigenvalue weighted by Crippen LogP contribution is -2.31. The molecule has 18 heavy (non-hydrogen) atoms. The van der Waals surface area contributed by atoms with Gasteiger partial charge in [0.2, 0.25) is 0 Å². The Morgan fingerprint density at radius 2 is 1.39 bits per heavy atom. The van der Waals surface area contributed by atoms with Crippen molar-refractivity contribution in [3.63, 3.8) is 0 Å². The first kappa shape index (κ1) is 13.8. The summed E-state index contributed by atoms with van der Waals surface area (Å²) in [7, 11) is -2.39. The van der Waals surface area contributed by atoms with E-state index in [1.807, 2.05) is 0 Å². The van der Waals surface area contributed by atoms with Crippen LogP contribution in [-0.4, -0.2) is 16.1 Å². The Morgan fingerprint density at radius 3 is 1.83 bits per heavy atom. The molecule has 0 nitrogen and oxygen atoms in total. The van der Waals surface area contributed by atoms with Crippen molar-refractivity contribution in [2.24, 2.45) is 5.92 Å². The van der Waals surface area contributed by atoms with E-state index in [2.05, 4.69) is 75.7 Å². The van der Waals surface area contributed by atoms with Gasteiger partial charge in [-0.15, -0.1) is 0 Å². The van der Waals surface area contributed by atoms with Crippen LogP contribution in [0.25, 0.3) is 0 Å². The van der Waals surface area contributed by atoms with Crippen molar-refractivity contribution in [1.82, 2.24) is 0 Å². The van der Waals surface area contributed by atoms with E-state index in [1.54, 1.807) is 10.8 Å². The van der Waals surface area contributed by atoms with Gasteiger partial charge in [0.15, 0.2) is 0 Å². The van der Waals surface area contributed by atoms with E-state index >= 15 is 0 Å². The van der Waals surface area contributed by atoms with Gasteiger partial charge in [-0.05, 0) is 5.54 Å². The van der Waals surface area contributed by atoms with Crippen LogP contribution in [0.2, 0.25) is 44.8 Å². The van der Waals surface area contributed by atoms with E-state index in [9.17, 15) is 0 Å². The second kappa shape index (κ2) is 4.50. The zero-order valence-electron chi connectivity index (χ0n) is 12.6. The lowest BCUT2D eigenvalue weighted by molar-refractivity contribution is 0.922. The summed E-state index contributed by atoms with van der Waals surface area (Å²) in [6.45, 7) is 14.9. The van der Waals surface area contributed by atoms with Gasteiger partial charge in [0.05, 0.1) is 16.1 Å². The maximum Gasteiger partial charge on any atom is 0.0775 e. The molecule has 0 fully saturated rings.